The van der Waals surface area contributed by atoms with Gasteiger partial charge in [-0.2, -0.15) is 0 Å². The third-order valence-electron chi connectivity index (χ3n) is 2.72. The van der Waals surface area contributed by atoms with Crippen molar-refractivity contribution in [1.29, 1.82) is 0 Å². The summed E-state index contributed by atoms with van der Waals surface area (Å²) in [6.45, 7) is -0.525. The fourth-order valence-electron chi connectivity index (χ4n) is 1.77. The Morgan fingerprint density at radius 1 is 1.27 bits per heavy atom. The van der Waals surface area contributed by atoms with E-state index in [0.29, 0.717) is 12.8 Å². The summed E-state index contributed by atoms with van der Waals surface area (Å²) in [5.41, 5.74) is 0. The van der Waals surface area contributed by atoms with Crippen molar-refractivity contribution < 1.29 is 18.6 Å². The Bertz CT molecular complexity index is 272. The Morgan fingerprint density at radius 3 is 2.40 bits per heavy atom. The normalized spacial score (nSPS) is 21.5. The third-order valence-corrected chi connectivity index (χ3v) is 4.64. The topological polar surface area (TPSA) is 86.6 Å². The van der Waals surface area contributed by atoms with E-state index < -0.39 is 22.7 Å². The molecule has 90 valence electrons. The molecular formula is C9H19NO4S. The Morgan fingerprint density at radius 2 is 1.87 bits per heavy atom. The maximum Gasteiger partial charge on any atom is 0.214 e. The van der Waals surface area contributed by atoms with Gasteiger partial charge in [-0.3, -0.25) is 0 Å². The van der Waals surface area contributed by atoms with Crippen LogP contribution in [0, 0.1) is 0 Å². The van der Waals surface area contributed by atoms with Crippen molar-refractivity contribution in [2.24, 2.45) is 0 Å². The molecule has 1 fully saturated rings. The first-order chi connectivity index (χ1) is 7.06. The summed E-state index contributed by atoms with van der Waals surface area (Å²) < 4.78 is 25.7. The Hall–Kier alpha value is -0.170. The lowest BCUT2D eigenvalue weighted by molar-refractivity contribution is 0.0987. The fourth-order valence-corrected chi connectivity index (χ4v) is 3.38. The van der Waals surface area contributed by atoms with E-state index in [4.69, 9.17) is 10.2 Å². The van der Waals surface area contributed by atoms with Gasteiger partial charge in [0.2, 0.25) is 10.0 Å². The van der Waals surface area contributed by atoms with Crippen molar-refractivity contribution >= 4 is 10.0 Å². The molecule has 1 saturated carbocycles. The monoisotopic (exact) mass is 237 g/mol. The Labute approximate surface area is 90.6 Å². The highest BCUT2D eigenvalue weighted by Crippen LogP contribution is 2.22. The second-order valence-corrected chi connectivity index (χ2v) is 6.04. The molecule has 0 aromatic heterocycles. The van der Waals surface area contributed by atoms with Crippen LogP contribution in [0.4, 0.5) is 0 Å². The number of rotatable bonds is 5. The number of nitrogens with one attached hydrogen (secondary N) is 1. The van der Waals surface area contributed by atoms with E-state index >= 15 is 0 Å². The zero-order valence-electron chi connectivity index (χ0n) is 8.72. The molecule has 0 aromatic rings. The highest BCUT2D eigenvalue weighted by atomic mass is 32.2. The largest absolute Gasteiger partial charge is 0.394 e. The maximum absolute atomic E-state index is 11.7. The molecule has 6 heteroatoms. The van der Waals surface area contributed by atoms with E-state index in [-0.39, 0.29) is 11.8 Å². The quantitative estimate of drug-likeness (QED) is 0.607. The van der Waals surface area contributed by atoms with Crippen molar-refractivity contribution in [2.75, 3.05) is 13.2 Å². The van der Waals surface area contributed by atoms with Crippen LogP contribution in [0.2, 0.25) is 0 Å². The summed E-state index contributed by atoms with van der Waals surface area (Å²) in [4.78, 5) is 0. The van der Waals surface area contributed by atoms with E-state index in [2.05, 4.69) is 4.72 Å². The molecule has 1 atom stereocenters. The van der Waals surface area contributed by atoms with Gasteiger partial charge in [-0.05, 0) is 12.8 Å². The van der Waals surface area contributed by atoms with Gasteiger partial charge >= 0.3 is 0 Å². The first-order valence-electron chi connectivity index (χ1n) is 5.33. The smallest absolute Gasteiger partial charge is 0.214 e. The SMILES string of the molecule is O=S(=O)(NCC(O)CO)C1CCCCC1. The summed E-state index contributed by atoms with van der Waals surface area (Å²) in [6.07, 6.45) is 3.39. The molecule has 0 amide bonds. The molecular weight excluding hydrogens is 218 g/mol. The molecule has 1 aliphatic carbocycles. The molecule has 0 radical (unpaired) electrons. The molecule has 1 rings (SSSR count). The lowest BCUT2D eigenvalue weighted by Gasteiger charge is -2.22. The highest BCUT2D eigenvalue weighted by Gasteiger charge is 2.27. The van der Waals surface area contributed by atoms with Gasteiger partial charge in [0, 0.05) is 6.54 Å². The van der Waals surface area contributed by atoms with Gasteiger partial charge in [-0.25, -0.2) is 13.1 Å². The molecule has 0 saturated heterocycles. The van der Waals surface area contributed by atoms with Gasteiger partial charge < -0.3 is 10.2 Å². The zero-order valence-corrected chi connectivity index (χ0v) is 9.54. The summed E-state index contributed by atoms with van der Waals surface area (Å²) >= 11 is 0. The van der Waals surface area contributed by atoms with Crippen LogP contribution in [0.3, 0.4) is 0 Å². The molecule has 1 unspecified atom stereocenters. The molecule has 3 N–H and O–H groups in total. The minimum Gasteiger partial charge on any atom is -0.394 e. The first-order valence-corrected chi connectivity index (χ1v) is 6.88. The molecule has 0 heterocycles. The molecule has 0 aromatic carbocycles. The zero-order chi connectivity index (χ0) is 11.3. The molecule has 0 aliphatic heterocycles. The van der Waals surface area contributed by atoms with Crippen molar-refractivity contribution in [3.63, 3.8) is 0 Å². The number of hydrogen-bond acceptors (Lipinski definition) is 4. The first kappa shape index (κ1) is 12.9. The van der Waals surface area contributed by atoms with E-state index in [0.717, 1.165) is 19.3 Å². The molecule has 0 bridgehead atoms. The van der Waals surface area contributed by atoms with Crippen LogP contribution in [0.25, 0.3) is 0 Å². The number of sulfonamides is 1. The number of aliphatic hydroxyl groups excluding tert-OH is 2. The van der Waals surface area contributed by atoms with Crippen LogP contribution in [0.5, 0.6) is 0 Å². The summed E-state index contributed by atoms with van der Waals surface area (Å²) in [6, 6.07) is 0. The van der Waals surface area contributed by atoms with E-state index in [1.165, 1.54) is 0 Å². The molecule has 5 nitrogen and oxygen atoms in total. The van der Waals surface area contributed by atoms with Crippen LogP contribution in [0.15, 0.2) is 0 Å². The highest BCUT2D eigenvalue weighted by molar-refractivity contribution is 7.90. The molecule has 15 heavy (non-hydrogen) atoms. The van der Waals surface area contributed by atoms with Crippen LogP contribution in [0.1, 0.15) is 32.1 Å². The number of hydrogen-bond donors (Lipinski definition) is 3. The molecule has 0 spiro atoms. The predicted octanol–water partition coefficient (Wildman–Crippen LogP) is -0.408. The molecule has 1 aliphatic rings. The van der Waals surface area contributed by atoms with E-state index in [1.54, 1.807) is 0 Å². The summed E-state index contributed by atoms with van der Waals surface area (Å²) in [7, 11) is -3.31. The average Bonchev–Trinajstić information content (AvgIpc) is 2.27. The van der Waals surface area contributed by atoms with Gasteiger partial charge in [-0.1, -0.05) is 19.3 Å². The van der Waals surface area contributed by atoms with Crippen LogP contribution in [-0.4, -0.2) is 43.1 Å². The van der Waals surface area contributed by atoms with Crippen molar-refractivity contribution in [3.8, 4) is 0 Å². The third kappa shape index (κ3) is 4.06. The number of aliphatic hydroxyl groups is 2. The van der Waals surface area contributed by atoms with Gasteiger partial charge in [-0.15, -0.1) is 0 Å². The summed E-state index contributed by atoms with van der Waals surface area (Å²) in [5.74, 6) is 0. The summed E-state index contributed by atoms with van der Waals surface area (Å²) in [5, 5.41) is 17.3. The maximum atomic E-state index is 11.7. The lowest BCUT2D eigenvalue weighted by Crippen LogP contribution is -2.40. The van der Waals surface area contributed by atoms with E-state index in [9.17, 15) is 8.42 Å². The van der Waals surface area contributed by atoms with Gasteiger partial charge in [0.05, 0.1) is 18.0 Å². The minimum atomic E-state index is -3.31. The second kappa shape index (κ2) is 5.79. The Balaban J connectivity index is 2.43. The predicted molar refractivity (Wildman–Crippen MR) is 56.9 cm³/mol. The van der Waals surface area contributed by atoms with Crippen molar-refractivity contribution in [3.05, 3.63) is 0 Å². The van der Waals surface area contributed by atoms with Crippen molar-refractivity contribution in [2.45, 2.75) is 43.5 Å². The van der Waals surface area contributed by atoms with E-state index in [1.807, 2.05) is 0 Å². The van der Waals surface area contributed by atoms with Gasteiger partial charge in [0.1, 0.15) is 0 Å². The second-order valence-electron chi connectivity index (χ2n) is 3.99. The van der Waals surface area contributed by atoms with Crippen LogP contribution in [-0.2, 0) is 10.0 Å². The lowest BCUT2D eigenvalue weighted by atomic mass is 10.0. The van der Waals surface area contributed by atoms with Crippen molar-refractivity contribution in [1.82, 2.24) is 4.72 Å². The van der Waals surface area contributed by atoms with Crippen LogP contribution < -0.4 is 4.72 Å². The standard InChI is InChI=1S/C9H19NO4S/c11-7-8(12)6-10-15(13,14)9-4-2-1-3-5-9/h8-12H,1-7H2. The fraction of sp³-hybridized carbons (Fsp3) is 1.00. The van der Waals surface area contributed by atoms with Gasteiger partial charge in [0.15, 0.2) is 0 Å². The van der Waals surface area contributed by atoms with Gasteiger partial charge in [0.25, 0.3) is 0 Å². The average molecular weight is 237 g/mol. The Kier molecular flexibility index (Phi) is 4.98. The van der Waals surface area contributed by atoms with Crippen LogP contribution >= 0.6 is 0 Å². The minimum absolute atomic E-state index is 0.102.